The standard InChI is InChI=1S/C16H16ClF3N2O2.C15H14ClF3N2O2/c1-9(12-5-4-11(24-3)8-13(12)17)15(23,16(18,19)20)14-10(2)21-6-7-22-14;1-8-6-21-13(7-20-8)14(23,15(17,18)19)9(2)11-4-3-10(22)5-12(11)16/h4-9,23H,1-3H3;3-7,9,22-23H,1-2H3. The molecule has 4 aromatic rings. The van der Waals surface area contributed by atoms with Gasteiger partial charge < -0.3 is 20.1 Å². The first kappa shape index (κ1) is 37.7. The third-order valence-electron chi connectivity index (χ3n) is 7.66. The quantitative estimate of drug-likeness (QED) is 0.167. The van der Waals surface area contributed by atoms with Gasteiger partial charge in [-0.1, -0.05) is 49.2 Å². The molecule has 0 aliphatic carbocycles. The number of aromatic hydroxyl groups is 1. The van der Waals surface area contributed by atoms with Crippen molar-refractivity contribution >= 4 is 23.2 Å². The molecule has 2 aromatic carbocycles. The van der Waals surface area contributed by atoms with Crippen molar-refractivity contribution in [3.63, 3.8) is 0 Å². The summed E-state index contributed by atoms with van der Waals surface area (Å²) in [4.78, 5) is 15.0. The van der Waals surface area contributed by atoms with E-state index in [2.05, 4.69) is 19.9 Å². The van der Waals surface area contributed by atoms with Gasteiger partial charge in [-0.05, 0) is 49.2 Å². The normalized spacial score (nSPS) is 15.8. The van der Waals surface area contributed by atoms with Crippen LogP contribution in [0.1, 0.15) is 59.6 Å². The number of hydrogen-bond donors (Lipinski definition) is 3. The predicted molar refractivity (Wildman–Crippen MR) is 161 cm³/mol. The highest BCUT2D eigenvalue weighted by Gasteiger charge is 2.61. The number of alkyl halides is 6. The van der Waals surface area contributed by atoms with Gasteiger partial charge in [0, 0.05) is 40.5 Å². The molecule has 47 heavy (non-hydrogen) atoms. The summed E-state index contributed by atoms with van der Waals surface area (Å²) in [5.41, 5.74) is -7.08. The molecule has 0 fully saturated rings. The van der Waals surface area contributed by atoms with Gasteiger partial charge >= 0.3 is 12.4 Å². The summed E-state index contributed by atoms with van der Waals surface area (Å²) in [7, 11) is 1.42. The topological polar surface area (TPSA) is 121 Å². The summed E-state index contributed by atoms with van der Waals surface area (Å²) in [6.07, 6.45) is -5.55. The Labute approximate surface area is 276 Å². The summed E-state index contributed by atoms with van der Waals surface area (Å²) in [6.45, 7) is 5.37. The second-order valence-electron chi connectivity index (χ2n) is 10.6. The molecular weight excluding hydrogens is 677 g/mol. The van der Waals surface area contributed by atoms with Gasteiger partial charge in [0.05, 0.1) is 24.7 Å². The first-order valence-corrected chi connectivity index (χ1v) is 14.4. The number of rotatable bonds is 7. The fourth-order valence-electron chi connectivity index (χ4n) is 4.87. The number of aliphatic hydroxyl groups is 2. The zero-order valence-electron chi connectivity index (χ0n) is 25.5. The van der Waals surface area contributed by atoms with Crippen LogP contribution in [0, 0.1) is 13.8 Å². The van der Waals surface area contributed by atoms with E-state index >= 15 is 0 Å². The highest BCUT2D eigenvalue weighted by Crippen LogP contribution is 2.51. The third-order valence-corrected chi connectivity index (χ3v) is 8.31. The molecule has 0 saturated heterocycles. The Kier molecular flexibility index (Phi) is 11.4. The van der Waals surface area contributed by atoms with Crippen molar-refractivity contribution in [2.75, 3.05) is 7.11 Å². The van der Waals surface area contributed by atoms with Gasteiger partial charge in [0.2, 0.25) is 11.2 Å². The van der Waals surface area contributed by atoms with Gasteiger partial charge in [-0.15, -0.1) is 0 Å². The number of nitrogens with zero attached hydrogens (tertiary/aromatic N) is 4. The van der Waals surface area contributed by atoms with Crippen molar-refractivity contribution in [3.05, 3.63) is 105 Å². The first-order chi connectivity index (χ1) is 21.7. The van der Waals surface area contributed by atoms with E-state index in [1.54, 1.807) is 6.92 Å². The lowest BCUT2D eigenvalue weighted by Crippen LogP contribution is -2.48. The van der Waals surface area contributed by atoms with Crippen LogP contribution in [0.3, 0.4) is 0 Å². The Morgan fingerprint density at radius 1 is 0.723 bits per heavy atom. The van der Waals surface area contributed by atoms with Crippen molar-refractivity contribution < 1.29 is 46.4 Å². The number of aryl methyl sites for hydroxylation is 2. The molecule has 2 heterocycles. The van der Waals surface area contributed by atoms with Gasteiger partial charge in [0.15, 0.2) is 0 Å². The molecule has 16 heteroatoms. The molecule has 0 amide bonds. The number of hydrogen-bond acceptors (Lipinski definition) is 8. The summed E-state index contributed by atoms with van der Waals surface area (Å²) < 4.78 is 87.3. The van der Waals surface area contributed by atoms with Crippen LogP contribution in [0.2, 0.25) is 10.0 Å². The van der Waals surface area contributed by atoms with Crippen molar-refractivity contribution in [2.45, 2.75) is 63.1 Å². The second kappa shape index (κ2) is 14.2. The smallest absolute Gasteiger partial charge is 0.423 e. The molecule has 4 rings (SSSR count). The highest BCUT2D eigenvalue weighted by atomic mass is 35.5. The van der Waals surface area contributed by atoms with Crippen LogP contribution in [-0.2, 0) is 11.2 Å². The van der Waals surface area contributed by atoms with Crippen LogP contribution in [-0.4, -0.2) is 54.7 Å². The van der Waals surface area contributed by atoms with Crippen LogP contribution in [0.25, 0.3) is 0 Å². The third kappa shape index (κ3) is 7.56. The highest BCUT2D eigenvalue weighted by molar-refractivity contribution is 6.31. The van der Waals surface area contributed by atoms with Crippen molar-refractivity contribution in [1.29, 1.82) is 0 Å². The number of ether oxygens (including phenoxy) is 1. The van der Waals surface area contributed by atoms with Crippen LogP contribution in [0.15, 0.2) is 61.2 Å². The Morgan fingerprint density at radius 3 is 1.72 bits per heavy atom. The molecule has 0 saturated carbocycles. The number of halogens is 8. The number of phenolic OH excluding ortho intramolecular Hbond substituents is 1. The molecule has 0 aliphatic heterocycles. The number of benzene rings is 2. The van der Waals surface area contributed by atoms with E-state index in [-0.39, 0.29) is 32.6 Å². The van der Waals surface area contributed by atoms with Crippen LogP contribution < -0.4 is 4.74 Å². The van der Waals surface area contributed by atoms with E-state index in [0.29, 0.717) is 11.4 Å². The second-order valence-corrected chi connectivity index (χ2v) is 11.4. The largest absolute Gasteiger partial charge is 0.508 e. The summed E-state index contributed by atoms with van der Waals surface area (Å²) in [5.74, 6) is -2.65. The maximum absolute atomic E-state index is 13.8. The maximum Gasteiger partial charge on any atom is 0.423 e. The van der Waals surface area contributed by atoms with E-state index in [1.807, 2.05) is 0 Å². The lowest BCUT2D eigenvalue weighted by molar-refractivity contribution is -0.276. The Balaban J connectivity index is 0.000000256. The monoisotopic (exact) mass is 706 g/mol. The fourth-order valence-corrected chi connectivity index (χ4v) is 5.54. The minimum absolute atomic E-state index is 0.00573. The maximum atomic E-state index is 13.8. The van der Waals surface area contributed by atoms with Crippen LogP contribution in [0.4, 0.5) is 26.3 Å². The van der Waals surface area contributed by atoms with Gasteiger partial charge in [-0.25, -0.2) is 0 Å². The van der Waals surface area contributed by atoms with Crippen LogP contribution >= 0.6 is 23.2 Å². The summed E-state index contributed by atoms with van der Waals surface area (Å²) in [5, 5.41) is 30.4. The molecule has 0 spiro atoms. The zero-order valence-corrected chi connectivity index (χ0v) is 27.0. The summed E-state index contributed by atoms with van der Waals surface area (Å²) in [6, 6.07) is 7.83. The number of aromatic nitrogens is 4. The molecule has 254 valence electrons. The van der Waals surface area contributed by atoms with E-state index in [9.17, 15) is 41.7 Å². The fraction of sp³-hybridized carbons (Fsp3) is 0.355. The molecule has 8 nitrogen and oxygen atoms in total. The van der Waals surface area contributed by atoms with Gasteiger partial charge in [-0.3, -0.25) is 19.9 Å². The lowest BCUT2D eigenvalue weighted by Gasteiger charge is -2.36. The predicted octanol–water partition coefficient (Wildman–Crippen LogP) is 7.70. The van der Waals surface area contributed by atoms with Crippen LogP contribution in [0.5, 0.6) is 11.5 Å². The molecule has 2 aromatic heterocycles. The Hall–Kier alpha value is -3.72. The summed E-state index contributed by atoms with van der Waals surface area (Å²) >= 11 is 12.0. The Bertz CT molecular complexity index is 1690. The molecular formula is C31H30Cl2F6N4O4. The van der Waals surface area contributed by atoms with Gasteiger partial charge in [-0.2, -0.15) is 26.3 Å². The SMILES string of the molecule is COc1ccc(C(C)C(O)(c2nccnc2C)C(F)(F)F)c(Cl)c1.Cc1cnc(C(O)(C(C)c2ccc(O)cc2Cl)C(F)(F)F)cn1. The molecule has 4 unspecified atom stereocenters. The number of phenols is 1. The average molecular weight is 707 g/mol. The lowest BCUT2D eigenvalue weighted by atomic mass is 9.79. The molecule has 4 atom stereocenters. The molecule has 0 aliphatic rings. The first-order valence-electron chi connectivity index (χ1n) is 13.7. The minimum Gasteiger partial charge on any atom is -0.508 e. The zero-order chi connectivity index (χ0) is 35.5. The van der Waals surface area contributed by atoms with E-state index in [0.717, 1.165) is 24.7 Å². The number of methoxy groups -OCH3 is 1. The van der Waals surface area contributed by atoms with Gasteiger partial charge in [0.25, 0.3) is 0 Å². The van der Waals surface area contributed by atoms with E-state index < -0.39 is 46.8 Å². The van der Waals surface area contributed by atoms with Crippen molar-refractivity contribution in [3.8, 4) is 11.5 Å². The molecule has 3 N–H and O–H groups in total. The van der Waals surface area contributed by atoms with E-state index in [4.69, 9.17) is 27.9 Å². The van der Waals surface area contributed by atoms with Gasteiger partial charge in [0.1, 0.15) is 22.9 Å². The average Bonchev–Trinajstić information content (AvgIpc) is 2.99. The van der Waals surface area contributed by atoms with Crippen molar-refractivity contribution in [1.82, 2.24) is 19.9 Å². The Morgan fingerprint density at radius 2 is 1.26 bits per heavy atom. The molecule has 0 bridgehead atoms. The van der Waals surface area contributed by atoms with E-state index in [1.165, 1.54) is 64.4 Å². The molecule has 0 radical (unpaired) electrons. The minimum atomic E-state index is -5.00. The van der Waals surface area contributed by atoms with Crippen molar-refractivity contribution in [2.24, 2.45) is 0 Å².